The molecule has 0 aliphatic heterocycles. The Morgan fingerprint density at radius 2 is 1.86 bits per heavy atom. The summed E-state index contributed by atoms with van der Waals surface area (Å²) in [4.78, 5) is 32.7. The molecule has 1 atom stereocenters. The zero-order chi connectivity index (χ0) is 15.8. The zero-order valence-electron chi connectivity index (χ0n) is 10.8. The fraction of sp³-hybridized carbons (Fsp3) is 0.231. The van der Waals surface area contributed by atoms with E-state index in [1.54, 1.807) is 0 Å². The number of ether oxygens (including phenoxy) is 1. The second kappa shape index (κ2) is 7.49. The van der Waals surface area contributed by atoms with Gasteiger partial charge < -0.3 is 20.3 Å². The van der Waals surface area contributed by atoms with Crippen LogP contribution in [0, 0.1) is 11.3 Å². The quantitative estimate of drug-likeness (QED) is 0.642. The van der Waals surface area contributed by atoms with Gasteiger partial charge in [0.05, 0.1) is 18.1 Å². The van der Waals surface area contributed by atoms with Gasteiger partial charge in [0.1, 0.15) is 11.8 Å². The molecule has 0 aromatic heterocycles. The second-order valence-corrected chi connectivity index (χ2v) is 3.98. The fourth-order valence-corrected chi connectivity index (χ4v) is 1.39. The molecule has 0 unspecified atom stereocenters. The smallest absolute Gasteiger partial charge is 0.326 e. The number of nitrogens with one attached hydrogen (secondary N) is 1. The number of carbonyl (C=O) groups is 3. The largest absolute Gasteiger partial charge is 0.484 e. The van der Waals surface area contributed by atoms with Gasteiger partial charge in [0.25, 0.3) is 5.91 Å². The van der Waals surface area contributed by atoms with Crippen LogP contribution >= 0.6 is 0 Å². The van der Waals surface area contributed by atoms with E-state index < -0.39 is 36.9 Å². The summed E-state index contributed by atoms with van der Waals surface area (Å²) in [6.45, 7) is -0.463. The highest BCUT2D eigenvalue weighted by Crippen LogP contribution is 2.11. The summed E-state index contributed by atoms with van der Waals surface area (Å²) in [5.74, 6) is -3.21. The summed E-state index contributed by atoms with van der Waals surface area (Å²) in [5.41, 5.74) is 0.430. The van der Waals surface area contributed by atoms with E-state index in [0.717, 1.165) is 0 Å². The fourth-order valence-electron chi connectivity index (χ4n) is 1.39. The summed E-state index contributed by atoms with van der Waals surface area (Å²) in [6.07, 6.45) is -0.724. The first-order chi connectivity index (χ1) is 9.92. The van der Waals surface area contributed by atoms with Crippen LogP contribution < -0.4 is 10.1 Å². The van der Waals surface area contributed by atoms with Crippen molar-refractivity contribution in [3.8, 4) is 11.8 Å². The lowest BCUT2D eigenvalue weighted by atomic mass is 10.2. The minimum absolute atomic E-state index is 0.328. The second-order valence-electron chi connectivity index (χ2n) is 3.98. The van der Waals surface area contributed by atoms with Crippen molar-refractivity contribution in [2.75, 3.05) is 6.61 Å². The molecule has 8 heteroatoms. The number of benzene rings is 1. The van der Waals surface area contributed by atoms with Gasteiger partial charge in [-0.2, -0.15) is 5.26 Å². The predicted molar refractivity (Wildman–Crippen MR) is 68.5 cm³/mol. The molecule has 0 heterocycles. The summed E-state index contributed by atoms with van der Waals surface area (Å²) >= 11 is 0. The van der Waals surface area contributed by atoms with E-state index in [4.69, 9.17) is 20.2 Å². The Hall–Kier alpha value is -3.08. The number of nitriles is 1. The van der Waals surface area contributed by atoms with E-state index in [1.165, 1.54) is 24.3 Å². The molecule has 0 aliphatic rings. The number of rotatable bonds is 7. The number of aliphatic carboxylic acids is 2. The number of carbonyl (C=O) groups excluding carboxylic acids is 1. The molecule has 1 amide bonds. The molecule has 1 aromatic rings. The molecule has 0 spiro atoms. The maximum absolute atomic E-state index is 11.5. The number of amides is 1. The first-order valence-electron chi connectivity index (χ1n) is 5.79. The molecule has 0 bridgehead atoms. The van der Waals surface area contributed by atoms with Gasteiger partial charge in [-0.3, -0.25) is 9.59 Å². The predicted octanol–water partition coefficient (Wildman–Crippen LogP) is -0.0188. The van der Waals surface area contributed by atoms with Gasteiger partial charge in [-0.05, 0) is 24.3 Å². The molecule has 1 aromatic carbocycles. The van der Waals surface area contributed by atoms with Crippen molar-refractivity contribution in [1.82, 2.24) is 5.32 Å². The Balaban J connectivity index is 2.50. The minimum Gasteiger partial charge on any atom is -0.484 e. The van der Waals surface area contributed by atoms with Gasteiger partial charge in [0.15, 0.2) is 6.61 Å². The third kappa shape index (κ3) is 5.61. The van der Waals surface area contributed by atoms with Crippen molar-refractivity contribution in [1.29, 1.82) is 5.26 Å². The van der Waals surface area contributed by atoms with Crippen molar-refractivity contribution in [3.05, 3.63) is 29.8 Å². The Morgan fingerprint density at radius 1 is 1.24 bits per heavy atom. The summed E-state index contributed by atoms with van der Waals surface area (Å²) in [5, 5.41) is 28.0. The van der Waals surface area contributed by atoms with Crippen LogP contribution in [-0.2, 0) is 14.4 Å². The van der Waals surface area contributed by atoms with Crippen LogP contribution in [0.4, 0.5) is 0 Å². The molecule has 0 saturated carbocycles. The summed E-state index contributed by atoms with van der Waals surface area (Å²) in [6, 6.07) is 6.37. The molecule has 0 saturated heterocycles. The number of carboxylic acid groups (broad SMARTS) is 2. The van der Waals surface area contributed by atoms with Crippen LogP contribution in [0.15, 0.2) is 24.3 Å². The van der Waals surface area contributed by atoms with E-state index in [2.05, 4.69) is 0 Å². The van der Waals surface area contributed by atoms with Crippen LogP contribution in [0.1, 0.15) is 12.0 Å². The Labute approximate surface area is 119 Å². The van der Waals surface area contributed by atoms with Crippen molar-refractivity contribution >= 4 is 17.8 Å². The highest BCUT2D eigenvalue weighted by molar-refractivity contribution is 5.87. The number of carboxylic acids is 2. The van der Waals surface area contributed by atoms with E-state index in [-0.39, 0.29) is 0 Å². The average Bonchev–Trinajstić information content (AvgIpc) is 2.44. The molecule has 1 rings (SSSR count). The van der Waals surface area contributed by atoms with Crippen molar-refractivity contribution < 1.29 is 29.3 Å². The van der Waals surface area contributed by atoms with Crippen LogP contribution in [0.2, 0.25) is 0 Å². The first-order valence-corrected chi connectivity index (χ1v) is 5.79. The minimum atomic E-state index is -1.51. The standard InChI is InChI=1S/C13H12N2O6/c14-6-8-1-3-9(4-2-8)21-7-11(16)15-10(13(19)20)5-12(17)18/h1-4,10H,5,7H2,(H,15,16)(H,17,18)(H,19,20)/t10-/m0/s1. The van der Waals surface area contributed by atoms with Crippen molar-refractivity contribution in [2.45, 2.75) is 12.5 Å². The van der Waals surface area contributed by atoms with Crippen LogP contribution in [0.25, 0.3) is 0 Å². The normalized spacial score (nSPS) is 11.0. The molecular weight excluding hydrogens is 280 g/mol. The SMILES string of the molecule is N#Cc1ccc(OCC(=O)N[C@@H](CC(=O)O)C(=O)O)cc1. The molecule has 8 nitrogen and oxygen atoms in total. The molecular formula is C13H12N2O6. The first kappa shape index (κ1) is 16.0. The summed E-state index contributed by atoms with van der Waals surface area (Å²) < 4.78 is 5.09. The van der Waals surface area contributed by atoms with E-state index in [9.17, 15) is 14.4 Å². The topological polar surface area (TPSA) is 137 Å². The van der Waals surface area contributed by atoms with Gasteiger partial charge in [-0.15, -0.1) is 0 Å². The van der Waals surface area contributed by atoms with Gasteiger partial charge >= 0.3 is 11.9 Å². The number of hydrogen-bond acceptors (Lipinski definition) is 5. The molecule has 110 valence electrons. The Bertz CT molecular complexity index is 575. The number of hydrogen-bond donors (Lipinski definition) is 3. The summed E-state index contributed by atoms with van der Waals surface area (Å²) in [7, 11) is 0. The highest BCUT2D eigenvalue weighted by atomic mass is 16.5. The van der Waals surface area contributed by atoms with Crippen LogP contribution in [-0.4, -0.2) is 40.7 Å². The van der Waals surface area contributed by atoms with Gasteiger partial charge in [-0.25, -0.2) is 4.79 Å². The van der Waals surface area contributed by atoms with E-state index in [1.807, 2.05) is 11.4 Å². The van der Waals surface area contributed by atoms with Gasteiger partial charge in [0.2, 0.25) is 0 Å². The van der Waals surface area contributed by atoms with Gasteiger partial charge in [0, 0.05) is 0 Å². The maximum atomic E-state index is 11.5. The maximum Gasteiger partial charge on any atom is 0.326 e. The highest BCUT2D eigenvalue weighted by Gasteiger charge is 2.23. The monoisotopic (exact) mass is 292 g/mol. The van der Waals surface area contributed by atoms with E-state index in [0.29, 0.717) is 11.3 Å². The van der Waals surface area contributed by atoms with Gasteiger partial charge in [-0.1, -0.05) is 0 Å². The van der Waals surface area contributed by atoms with Crippen molar-refractivity contribution in [2.24, 2.45) is 0 Å². The average molecular weight is 292 g/mol. The molecule has 21 heavy (non-hydrogen) atoms. The molecule has 0 aliphatic carbocycles. The molecule has 0 fully saturated rings. The van der Waals surface area contributed by atoms with Crippen LogP contribution in [0.3, 0.4) is 0 Å². The zero-order valence-corrected chi connectivity index (χ0v) is 10.8. The molecule has 0 radical (unpaired) electrons. The lowest BCUT2D eigenvalue weighted by Gasteiger charge is -2.12. The third-order valence-electron chi connectivity index (χ3n) is 2.37. The van der Waals surface area contributed by atoms with Crippen molar-refractivity contribution in [3.63, 3.8) is 0 Å². The third-order valence-corrected chi connectivity index (χ3v) is 2.37. The number of nitrogens with zero attached hydrogens (tertiary/aromatic N) is 1. The molecule has 3 N–H and O–H groups in total. The lowest BCUT2D eigenvalue weighted by molar-refractivity contribution is -0.147. The lowest BCUT2D eigenvalue weighted by Crippen LogP contribution is -2.44. The Kier molecular flexibility index (Phi) is 5.70. The Morgan fingerprint density at radius 3 is 2.33 bits per heavy atom. The van der Waals surface area contributed by atoms with E-state index >= 15 is 0 Å². The van der Waals surface area contributed by atoms with Crippen LogP contribution in [0.5, 0.6) is 5.75 Å².